The SMILES string of the molecule is C=CC(C)(CCC)CCCC(C)C(CCC)C(C)C. The van der Waals surface area contributed by atoms with Crippen LogP contribution in [0.4, 0.5) is 0 Å². The molecule has 0 aliphatic rings. The number of allylic oxidation sites excluding steroid dienone is 1. The second-order valence-corrected chi connectivity index (χ2v) is 7.17. The first-order chi connectivity index (χ1) is 8.90. The summed E-state index contributed by atoms with van der Waals surface area (Å²) in [6.07, 6.45) is 11.5. The Morgan fingerprint density at radius 2 is 1.63 bits per heavy atom. The van der Waals surface area contributed by atoms with E-state index in [4.69, 9.17) is 0 Å². The van der Waals surface area contributed by atoms with E-state index >= 15 is 0 Å². The molecule has 0 spiro atoms. The first-order valence-corrected chi connectivity index (χ1v) is 8.53. The van der Waals surface area contributed by atoms with E-state index in [-0.39, 0.29) is 0 Å². The molecule has 0 saturated heterocycles. The molecular weight excluding hydrogens is 228 g/mol. The smallest absolute Gasteiger partial charge is 0.0149 e. The van der Waals surface area contributed by atoms with Crippen molar-refractivity contribution in [1.29, 1.82) is 0 Å². The van der Waals surface area contributed by atoms with Gasteiger partial charge in [-0.25, -0.2) is 0 Å². The van der Waals surface area contributed by atoms with E-state index in [1.54, 1.807) is 0 Å². The van der Waals surface area contributed by atoms with Crippen molar-refractivity contribution in [3.8, 4) is 0 Å². The Morgan fingerprint density at radius 3 is 2.05 bits per heavy atom. The van der Waals surface area contributed by atoms with Gasteiger partial charge in [-0.1, -0.05) is 79.7 Å². The van der Waals surface area contributed by atoms with E-state index in [0.717, 1.165) is 17.8 Å². The van der Waals surface area contributed by atoms with Gasteiger partial charge in [-0.05, 0) is 36.0 Å². The fourth-order valence-electron chi connectivity index (χ4n) is 3.55. The van der Waals surface area contributed by atoms with Gasteiger partial charge in [0, 0.05) is 0 Å². The average Bonchev–Trinajstić information content (AvgIpc) is 2.35. The van der Waals surface area contributed by atoms with Crippen molar-refractivity contribution < 1.29 is 0 Å². The number of rotatable bonds is 11. The van der Waals surface area contributed by atoms with Crippen LogP contribution in [0, 0.1) is 23.2 Å². The Morgan fingerprint density at radius 1 is 1.00 bits per heavy atom. The fourth-order valence-corrected chi connectivity index (χ4v) is 3.55. The Kier molecular flexibility index (Phi) is 9.48. The zero-order valence-electron chi connectivity index (χ0n) is 14.5. The van der Waals surface area contributed by atoms with Crippen molar-refractivity contribution >= 4 is 0 Å². The van der Waals surface area contributed by atoms with E-state index in [2.05, 4.69) is 54.2 Å². The molecule has 0 bridgehead atoms. The molecule has 0 aliphatic heterocycles. The molecule has 0 aromatic carbocycles. The molecule has 0 N–H and O–H groups in total. The van der Waals surface area contributed by atoms with Crippen LogP contribution >= 0.6 is 0 Å². The second-order valence-electron chi connectivity index (χ2n) is 7.17. The maximum atomic E-state index is 4.04. The van der Waals surface area contributed by atoms with Crippen molar-refractivity contribution in [3.05, 3.63) is 12.7 Å². The summed E-state index contributed by atoms with van der Waals surface area (Å²) < 4.78 is 0. The first-order valence-electron chi connectivity index (χ1n) is 8.53. The third-order valence-electron chi connectivity index (χ3n) is 4.93. The van der Waals surface area contributed by atoms with Gasteiger partial charge in [0.2, 0.25) is 0 Å². The van der Waals surface area contributed by atoms with Gasteiger partial charge < -0.3 is 0 Å². The minimum absolute atomic E-state index is 0.368. The van der Waals surface area contributed by atoms with Crippen molar-refractivity contribution in [1.82, 2.24) is 0 Å². The van der Waals surface area contributed by atoms with Crippen molar-refractivity contribution in [3.63, 3.8) is 0 Å². The lowest BCUT2D eigenvalue weighted by atomic mass is 9.76. The molecule has 0 aromatic rings. The lowest BCUT2D eigenvalue weighted by Crippen LogP contribution is -2.19. The molecule has 0 aliphatic carbocycles. The van der Waals surface area contributed by atoms with E-state index in [1.165, 1.54) is 44.9 Å². The molecule has 0 saturated carbocycles. The van der Waals surface area contributed by atoms with E-state index in [9.17, 15) is 0 Å². The highest BCUT2D eigenvalue weighted by atomic mass is 14.3. The lowest BCUT2D eigenvalue weighted by Gasteiger charge is -2.29. The van der Waals surface area contributed by atoms with Crippen molar-refractivity contribution in [2.75, 3.05) is 0 Å². The van der Waals surface area contributed by atoms with E-state index < -0.39 is 0 Å². The van der Waals surface area contributed by atoms with Crippen LogP contribution in [0.5, 0.6) is 0 Å². The van der Waals surface area contributed by atoms with Gasteiger partial charge in [-0.2, -0.15) is 0 Å². The minimum atomic E-state index is 0.368. The zero-order valence-corrected chi connectivity index (χ0v) is 14.5. The molecule has 0 radical (unpaired) electrons. The Balaban J connectivity index is 4.20. The molecule has 0 nitrogen and oxygen atoms in total. The molecule has 0 heteroatoms. The normalized spacial score (nSPS) is 18.1. The van der Waals surface area contributed by atoms with Crippen LogP contribution in [0.3, 0.4) is 0 Å². The zero-order chi connectivity index (χ0) is 14.9. The van der Waals surface area contributed by atoms with E-state index in [1.807, 2.05) is 0 Å². The van der Waals surface area contributed by atoms with Gasteiger partial charge in [0.25, 0.3) is 0 Å². The highest BCUT2D eigenvalue weighted by Crippen LogP contribution is 2.34. The average molecular weight is 267 g/mol. The predicted molar refractivity (Wildman–Crippen MR) is 89.5 cm³/mol. The maximum absolute atomic E-state index is 4.04. The summed E-state index contributed by atoms with van der Waals surface area (Å²) >= 11 is 0. The third-order valence-corrected chi connectivity index (χ3v) is 4.93. The van der Waals surface area contributed by atoms with Gasteiger partial charge in [0.15, 0.2) is 0 Å². The summed E-state index contributed by atoms with van der Waals surface area (Å²) in [6, 6.07) is 0. The van der Waals surface area contributed by atoms with Gasteiger partial charge in [0.05, 0.1) is 0 Å². The summed E-state index contributed by atoms with van der Waals surface area (Å²) in [7, 11) is 0. The van der Waals surface area contributed by atoms with Gasteiger partial charge in [-0.3, -0.25) is 0 Å². The van der Waals surface area contributed by atoms with Gasteiger partial charge in [-0.15, -0.1) is 6.58 Å². The van der Waals surface area contributed by atoms with Gasteiger partial charge in [0.1, 0.15) is 0 Å². The Hall–Kier alpha value is -0.260. The molecule has 0 amide bonds. The fraction of sp³-hybridized carbons (Fsp3) is 0.895. The summed E-state index contributed by atoms with van der Waals surface area (Å²) in [5.41, 5.74) is 0.368. The van der Waals surface area contributed by atoms with E-state index in [0.29, 0.717) is 5.41 Å². The van der Waals surface area contributed by atoms with Gasteiger partial charge >= 0.3 is 0 Å². The van der Waals surface area contributed by atoms with Crippen LogP contribution in [0.1, 0.15) is 86.5 Å². The second kappa shape index (κ2) is 9.61. The van der Waals surface area contributed by atoms with Crippen LogP contribution in [0.15, 0.2) is 12.7 Å². The minimum Gasteiger partial charge on any atom is -0.103 e. The Bertz CT molecular complexity index is 228. The van der Waals surface area contributed by atoms with Crippen LogP contribution in [0.25, 0.3) is 0 Å². The lowest BCUT2D eigenvalue weighted by molar-refractivity contribution is 0.225. The van der Waals surface area contributed by atoms with Crippen LogP contribution in [-0.2, 0) is 0 Å². The highest BCUT2D eigenvalue weighted by molar-refractivity contribution is 4.91. The number of hydrogen-bond donors (Lipinski definition) is 0. The summed E-state index contributed by atoms with van der Waals surface area (Å²) in [5, 5.41) is 0. The van der Waals surface area contributed by atoms with Crippen molar-refractivity contribution in [2.24, 2.45) is 23.2 Å². The molecule has 114 valence electrons. The quantitative estimate of drug-likeness (QED) is 0.358. The molecule has 0 rings (SSSR count). The summed E-state index contributed by atoms with van der Waals surface area (Å²) in [6.45, 7) is 18.3. The van der Waals surface area contributed by atoms with Crippen molar-refractivity contribution in [2.45, 2.75) is 86.5 Å². The molecule has 0 heterocycles. The molecule has 0 fully saturated rings. The van der Waals surface area contributed by atoms with Crippen LogP contribution in [-0.4, -0.2) is 0 Å². The maximum Gasteiger partial charge on any atom is -0.0149 e. The summed E-state index contributed by atoms with van der Waals surface area (Å²) in [5.74, 6) is 2.61. The number of hydrogen-bond acceptors (Lipinski definition) is 0. The highest BCUT2D eigenvalue weighted by Gasteiger charge is 2.22. The topological polar surface area (TPSA) is 0 Å². The first kappa shape index (κ1) is 18.7. The molecule has 3 atom stereocenters. The third kappa shape index (κ3) is 7.18. The Labute approximate surface area is 123 Å². The van der Waals surface area contributed by atoms with Crippen LogP contribution < -0.4 is 0 Å². The molecular formula is C19H38. The molecule has 3 unspecified atom stereocenters. The molecule has 0 aromatic heterocycles. The molecule has 19 heavy (non-hydrogen) atoms. The summed E-state index contributed by atoms with van der Waals surface area (Å²) in [4.78, 5) is 0. The largest absolute Gasteiger partial charge is 0.103 e. The predicted octanol–water partition coefficient (Wildman–Crippen LogP) is 6.86. The van der Waals surface area contributed by atoms with Crippen LogP contribution in [0.2, 0.25) is 0 Å². The standard InChI is InChI=1S/C19H38/c1-8-12-18(16(4)5)17(6)13-11-15-19(7,10-3)14-9-2/h10,16-18H,3,8-9,11-15H2,1-2,4-7H3. The monoisotopic (exact) mass is 266 g/mol.